The van der Waals surface area contributed by atoms with Crippen molar-refractivity contribution in [1.29, 1.82) is 0 Å². The molecule has 0 aromatic carbocycles. The Labute approximate surface area is 115 Å². The first-order valence-electron chi connectivity index (χ1n) is 6.69. The summed E-state index contributed by atoms with van der Waals surface area (Å²) in [6, 6.07) is 0. The van der Waals surface area contributed by atoms with Crippen molar-refractivity contribution in [3.63, 3.8) is 0 Å². The number of hydrogen-bond acceptors (Lipinski definition) is 3. The van der Waals surface area contributed by atoms with Crippen molar-refractivity contribution in [2.45, 2.75) is 46.5 Å². The minimum absolute atomic E-state index is 0.0694. The average molecular weight is 268 g/mol. The lowest BCUT2D eigenvalue weighted by Gasteiger charge is -2.14. The van der Waals surface area contributed by atoms with Gasteiger partial charge in [-0.25, -0.2) is 9.59 Å². The normalized spacial score (nSPS) is 12.9. The van der Waals surface area contributed by atoms with Gasteiger partial charge in [-0.05, 0) is 25.3 Å². The van der Waals surface area contributed by atoms with E-state index in [9.17, 15) is 9.59 Å². The number of aliphatic carboxylic acids is 1. The average Bonchev–Trinajstić information content (AvgIpc) is 2.38. The van der Waals surface area contributed by atoms with Gasteiger partial charge < -0.3 is 9.84 Å². The summed E-state index contributed by atoms with van der Waals surface area (Å²) in [5.74, 6) is -1.25. The van der Waals surface area contributed by atoms with Crippen LogP contribution in [0.3, 0.4) is 0 Å². The van der Waals surface area contributed by atoms with Crippen LogP contribution in [0.15, 0.2) is 23.8 Å². The van der Waals surface area contributed by atoms with Crippen LogP contribution in [0.5, 0.6) is 0 Å². The molecule has 1 atom stereocenters. The Bertz CT molecular complexity index is 355. The number of carbonyl (C=O) groups is 2. The van der Waals surface area contributed by atoms with Crippen LogP contribution in [0, 0.1) is 5.92 Å². The van der Waals surface area contributed by atoms with Gasteiger partial charge in [-0.1, -0.05) is 39.7 Å². The minimum atomic E-state index is -1.07. The summed E-state index contributed by atoms with van der Waals surface area (Å²) in [4.78, 5) is 22.3. The van der Waals surface area contributed by atoms with Gasteiger partial charge in [0.15, 0.2) is 0 Å². The van der Waals surface area contributed by atoms with E-state index in [0.717, 1.165) is 25.7 Å². The van der Waals surface area contributed by atoms with Crippen molar-refractivity contribution < 1.29 is 19.4 Å². The highest BCUT2D eigenvalue weighted by Crippen LogP contribution is 2.14. The van der Waals surface area contributed by atoms with Gasteiger partial charge in [0, 0.05) is 5.57 Å². The minimum Gasteiger partial charge on any atom is -0.478 e. The molecular formula is C15H24O4. The first-order valence-corrected chi connectivity index (χ1v) is 6.69. The summed E-state index contributed by atoms with van der Waals surface area (Å²) in [5.41, 5.74) is 0.144. The fraction of sp³-hybridized carbons (Fsp3) is 0.600. The Balaban J connectivity index is 4.26. The zero-order chi connectivity index (χ0) is 14.8. The second-order valence-corrected chi connectivity index (χ2v) is 4.67. The third-order valence-electron chi connectivity index (χ3n) is 2.98. The Morgan fingerprint density at radius 2 is 2.00 bits per heavy atom. The zero-order valence-electron chi connectivity index (χ0n) is 12.1. The van der Waals surface area contributed by atoms with E-state index in [2.05, 4.69) is 20.4 Å². The number of rotatable bonds is 9. The van der Waals surface area contributed by atoms with E-state index >= 15 is 0 Å². The maximum Gasteiger partial charge on any atom is 0.337 e. The summed E-state index contributed by atoms with van der Waals surface area (Å²) >= 11 is 0. The maximum atomic E-state index is 11.6. The van der Waals surface area contributed by atoms with Crippen LogP contribution in [0.1, 0.15) is 46.5 Å². The number of carboxylic acids is 1. The molecule has 0 aliphatic heterocycles. The van der Waals surface area contributed by atoms with Crippen LogP contribution >= 0.6 is 0 Å². The van der Waals surface area contributed by atoms with Crippen LogP contribution in [0.25, 0.3) is 0 Å². The molecule has 0 bridgehead atoms. The van der Waals surface area contributed by atoms with Crippen LogP contribution < -0.4 is 0 Å². The molecule has 0 radical (unpaired) electrons. The largest absolute Gasteiger partial charge is 0.478 e. The fourth-order valence-corrected chi connectivity index (χ4v) is 1.57. The molecule has 0 spiro atoms. The molecule has 4 heteroatoms. The summed E-state index contributed by atoms with van der Waals surface area (Å²) in [5, 5.41) is 8.70. The Hall–Kier alpha value is -1.58. The van der Waals surface area contributed by atoms with Crippen molar-refractivity contribution in [2.24, 2.45) is 5.92 Å². The smallest absolute Gasteiger partial charge is 0.337 e. The molecule has 0 amide bonds. The standard InChI is InChI=1S/C15H24O4/c1-5-7-8-13(6-2)10-19-15(18)12(4)9-11(3)14(16)17/h9,13H,4-8,10H2,1-3H3,(H,16,17)/b11-9+. The van der Waals surface area contributed by atoms with Gasteiger partial charge in [-0.15, -0.1) is 0 Å². The van der Waals surface area contributed by atoms with Crippen LogP contribution in [-0.2, 0) is 14.3 Å². The molecule has 1 N–H and O–H groups in total. The van der Waals surface area contributed by atoms with Gasteiger partial charge in [0.1, 0.15) is 0 Å². The molecule has 108 valence electrons. The molecule has 0 rings (SSSR count). The van der Waals surface area contributed by atoms with E-state index in [4.69, 9.17) is 9.84 Å². The van der Waals surface area contributed by atoms with Gasteiger partial charge in [0.2, 0.25) is 0 Å². The molecule has 1 unspecified atom stereocenters. The molecule has 0 saturated carbocycles. The van der Waals surface area contributed by atoms with Gasteiger partial charge in [0.25, 0.3) is 0 Å². The first-order chi connectivity index (χ1) is 8.92. The van der Waals surface area contributed by atoms with Gasteiger partial charge in [0.05, 0.1) is 12.2 Å². The predicted octanol–water partition coefficient (Wildman–Crippen LogP) is 3.33. The number of hydrogen-bond donors (Lipinski definition) is 1. The molecule has 0 heterocycles. The van der Waals surface area contributed by atoms with E-state index in [-0.39, 0.29) is 11.1 Å². The van der Waals surface area contributed by atoms with Crippen molar-refractivity contribution in [3.8, 4) is 0 Å². The fourth-order valence-electron chi connectivity index (χ4n) is 1.57. The number of carbonyl (C=O) groups excluding carboxylic acids is 1. The van der Waals surface area contributed by atoms with E-state index in [0.29, 0.717) is 12.5 Å². The summed E-state index contributed by atoms with van der Waals surface area (Å²) < 4.78 is 5.16. The van der Waals surface area contributed by atoms with Gasteiger partial charge in [-0.3, -0.25) is 0 Å². The number of ether oxygens (including phenoxy) is 1. The monoisotopic (exact) mass is 268 g/mol. The molecule has 4 nitrogen and oxygen atoms in total. The van der Waals surface area contributed by atoms with Crippen LogP contribution in [-0.4, -0.2) is 23.7 Å². The molecular weight excluding hydrogens is 244 g/mol. The molecule has 0 aliphatic carbocycles. The lowest BCUT2D eigenvalue weighted by atomic mass is 10.0. The SMILES string of the molecule is C=C(/C=C(\C)C(=O)O)C(=O)OCC(CC)CCCC. The molecule has 0 aliphatic rings. The molecule has 19 heavy (non-hydrogen) atoms. The molecule has 0 aromatic heterocycles. The summed E-state index contributed by atoms with van der Waals surface area (Å²) in [6.45, 7) is 9.50. The van der Waals surface area contributed by atoms with E-state index in [1.165, 1.54) is 13.0 Å². The second kappa shape index (κ2) is 9.36. The summed E-state index contributed by atoms with van der Waals surface area (Å²) in [7, 11) is 0. The van der Waals surface area contributed by atoms with Crippen molar-refractivity contribution >= 4 is 11.9 Å². The molecule has 0 aromatic rings. The van der Waals surface area contributed by atoms with Crippen molar-refractivity contribution in [3.05, 3.63) is 23.8 Å². The Morgan fingerprint density at radius 3 is 2.47 bits per heavy atom. The van der Waals surface area contributed by atoms with Crippen molar-refractivity contribution in [1.82, 2.24) is 0 Å². The van der Waals surface area contributed by atoms with Crippen molar-refractivity contribution in [2.75, 3.05) is 6.61 Å². The Kier molecular flexibility index (Phi) is 8.58. The second-order valence-electron chi connectivity index (χ2n) is 4.67. The lowest BCUT2D eigenvalue weighted by Crippen LogP contribution is -2.14. The highest BCUT2D eigenvalue weighted by Gasteiger charge is 2.12. The van der Waals surface area contributed by atoms with Gasteiger partial charge in [-0.2, -0.15) is 0 Å². The lowest BCUT2D eigenvalue weighted by molar-refractivity contribution is -0.140. The number of carboxylic acid groups (broad SMARTS) is 1. The van der Waals surface area contributed by atoms with E-state index in [1.807, 2.05) is 0 Å². The maximum absolute atomic E-state index is 11.6. The quantitative estimate of drug-likeness (QED) is 0.396. The molecule has 0 saturated heterocycles. The Morgan fingerprint density at radius 1 is 1.37 bits per heavy atom. The van der Waals surface area contributed by atoms with Crippen LogP contribution in [0.2, 0.25) is 0 Å². The topological polar surface area (TPSA) is 63.6 Å². The number of esters is 1. The third-order valence-corrected chi connectivity index (χ3v) is 2.98. The summed E-state index contributed by atoms with van der Waals surface area (Å²) in [6.07, 6.45) is 5.48. The van der Waals surface area contributed by atoms with Gasteiger partial charge >= 0.3 is 11.9 Å². The predicted molar refractivity (Wildman–Crippen MR) is 74.8 cm³/mol. The van der Waals surface area contributed by atoms with Crippen LogP contribution in [0.4, 0.5) is 0 Å². The number of unbranched alkanes of at least 4 members (excludes halogenated alkanes) is 1. The van der Waals surface area contributed by atoms with E-state index in [1.54, 1.807) is 0 Å². The molecule has 0 fully saturated rings. The first kappa shape index (κ1) is 17.4. The third kappa shape index (κ3) is 7.44. The highest BCUT2D eigenvalue weighted by molar-refractivity contribution is 5.94. The highest BCUT2D eigenvalue weighted by atomic mass is 16.5. The van der Waals surface area contributed by atoms with E-state index < -0.39 is 11.9 Å². The zero-order valence-corrected chi connectivity index (χ0v) is 12.1.